The van der Waals surface area contributed by atoms with Crippen molar-refractivity contribution in [1.29, 1.82) is 0 Å². The number of nitrogens with two attached hydrogens (primary N) is 1. The van der Waals surface area contributed by atoms with Crippen LogP contribution in [0.25, 0.3) is 0 Å². The van der Waals surface area contributed by atoms with Crippen molar-refractivity contribution in [2.45, 2.75) is 0 Å². The minimum absolute atomic E-state index is 0.0427. The van der Waals surface area contributed by atoms with E-state index in [1.807, 2.05) is 0 Å². The van der Waals surface area contributed by atoms with Crippen LogP contribution in [0.15, 0.2) is 59.7 Å². The summed E-state index contributed by atoms with van der Waals surface area (Å²) in [4.78, 5) is 22.7. The summed E-state index contributed by atoms with van der Waals surface area (Å²) < 4.78 is 14.0. The lowest BCUT2D eigenvalue weighted by Gasteiger charge is -2.10. The van der Waals surface area contributed by atoms with Crippen LogP contribution in [0, 0.1) is 5.82 Å². The van der Waals surface area contributed by atoms with E-state index in [4.69, 9.17) is 5.73 Å². The fourth-order valence-electron chi connectivity index (χ4n) is 2.17. The van der Waals surface area contributed by atoms with Gasteiger partial charge in [0.05, 0.1) is 18.1 Å². The van der Waals surface area contributed by atoms with Gasteiger partial charge in [0.15, 0.2) is 11.6 Å². The number of primary amides is 1. The first kappa shape index (κ1) is 17.8. The van der Waals surface area contributed by atoms with Crippen molar-refractivity contribution in [2.24, 2.45) is 10.7 Å². The SMILES string of the molecule is NC(=O)/C=N/c1cccc(Nc2ncc(F)c(Nc3cccc(O)c3)n2)c1. The number of anilines is 4. The molecule has 136 valence electrons. The lowest BCUT2D eigenvalue weighted by Crippen LogP contribution is -2.10. The average molecular weight is 366 g/mol. The van der Waals surface area contributed by atoms with Gasteiger partial charge < -0.3 is 21.5 Å². The van der Waals surface area contributed by atoms with Gasteiger partial charge in [-0.05, 0) is 30.3 Å². The Labute approximate surface area is 153 Å². The molecule has 0 bridgehead atoms. The number of rotatable bonds is 6. The van der Waals surface area contributed by atoms with Gasteiger partial charge in [-0.2, -0.15) is 4.98 Å². The van der Waals surface area contributed by atoms with Crippen LogP contribution in [-0.2, 0) is 4.79 Å². The van der Waals surface area contributed by atoms with Gasteiger partial charge >= 0.3 is 0 Å². The first-order chi connectivity index (χ1) is 13.0. The largest absolute Gasteiger partial charge is 0.508 e. The lowest BCUT2D eigenvalue weighted by atomic mass is 10.3. The maximum absolute atomic E-state index is 14.0. The van der Waals surface area contributed by atoms with Crippen LogP contribution in [0.5, 0.6) is 5.75 Å². The summed E-state index contributed by atoms with van der Waals surface area (Å²) in [6.45, 7) is 0. The number of amides is 1. The van der Waals surface area contributed by atoms with Crippen molar-refractivity contribution in [3.63, 3.8) is 0 Å². The predicted octanol–water partition coefficient (Wildman–Crippen LogP) is 3.00. The topological polar surface area (TPSA) is 126 Å². The minimum Gasteiger partial charge on any atom is -0.508 e. The Morgan fingerprint density at radius 1 is 1.15 bits per heavy atom. The molecular formula is C18H15FN6O2. The Morgan fingerprint density at radius 3 is 2.63 bits per heavy atom. The summed E-state index contributed by atoms with van der Waals surface area (Å²) in [7, 11) is 0. The number of nitrogens with one attached hydrogen (secondary N) is 2. The molecule has 1 heterocycles. The quantitative estimate of drug-likeness (QED) is 0.497. The highest BCUT2D eigenvalue weighted by atomic mass is 19.1. The van der Waals surface area contributed by atoms with E-state index in [2.05, 4.69) is 25.6 Å². The molecule has 9 heteroatoms. The molecule has 3 rings (SSSR count). The van der Waals surface area contributed by atoms with Gasteiger partial charge in [0.25, 0.3) is 5.91 Å². The van der Waals surface area contributed by atoms with Crippen LogP contribution in [-0.4, -0.2) is 27.2 Å². The molecule has 0 unspecified atom stereocenters. The molecule has 1 aromatic heterocycles. The minimum atomic E-state index is -0.655. The lowest BCUT2D eigenvalue weighted by molar-refractivity contribution is -0.111. The monoisotopic (exact) mass is 366 g/mol. The Morgan fingerprint density at radius 2 is 1.89 bits per heavy atom. The van der Waals surface area contributed by atoms with Crippen LogP contribution in [0.3, 0.4) is 0 Å². The van der Waals surface area contributed by atoms with Crippen LogP contribution >= 0.6 is 0 Å². The smallest absolute Gasteiger partial charge is 0.259 e. The Bertz CT molecular complexity index is 1010. The van der Waals surface area contributed by atoms with Crippen molar-refractivity contribution in [2.75, 3.05) is 10.6 Å². The summed E-state index contributed by atoms with van der Waals surface area (Å²) in [5.41, 5.74) is 6.58. The number of phenolic OH excluding ortho intramolecular Hbond substituents is 1. The number of carbonyl (C=O) groups is 1. The Hall–Kier alpha value is -4.01. The van der Waals surface area contributed by atoms with E-state index in [9.17, 15) is 14.3 Å². The van der Waals surface area contributed by atoms with Crippen molar-refractivity contribution in [3.05, 3.63) is 60.5 Å². The summed E-state index contributed by atoms with van der Waals surface area (Å²) in [5, 5.41) is 15.2. The summed E-state index contributed by atoms with van der Waals surface area (Å²) in [6, 6.07) is 13.0. The Kier molecular flexibility index (Phi) is 5.22. The molecule has 0 atom stereocenters. The molecule has 0 aliphatic heterocycles. The van der Waals surface area contributed by atoms with Gasteiger partial charge in [-0.25, -0.2) is 9.37 Å². The van der Waals surface area contributed by atoms with Crippen LogP contribution < -0.4 is 16.4 Å². The third-order valence-corrected chi connectivity index (χ3v) is 3.30. The first-order valence-corrected chi connectivity index (χ1v) is 7.79. The van der Waals surface area contributed by atoms with E-state index in [0.29, 0.717) is 17.1 Å². The van der Waals surface area contributed by atoms with E-state index >= 15 is 0 Å². The van der Waals surface area contributed by atoms with Crippen LogP contribution in [0.4, 0.5) is 33.2 Å². The van der Waals surface area contributed by atoms with Gasteiger partial charge in [-0.1, -0.05) is 12.1 Å². The molecule has 0 radical (unpaired) electrons. The third-order valence-electron chi connectivity index (χ3n) is 3.30. The molecule has 0 aliphatic carbocycles. The van der Waals surface area contributed by atoms with Crippen molar-refractivity contribution in [3.8, 4) is 5.75 Å². The van der Waals surface area contributed by atoms with Crippen molar-refractivity contribution < 1.29 is 14.3 Å². The molecule has 0 aliphatic rings. The highest BCUT2D eigenvalue weighted by Crippen LogP contribution is 2.24. The number of hydrogen-bond donors (Lipinski definition) is 4. The standard InChI is InChI=1S/C18H15FN6O2/c19-15-9-22-18(25-17(15)23-13-5-2-6-14(26)8-13)24-12-4-1-3-11(7-12)21-10-16(20)27/h1-10,26H,(H2,20,27)(H2,22,23,24,25)/b21-10+. The highest BCUT2D eigenvalue weighted by Gasteiger charge is 2.08. The first-order valence-electron chi connectivity index (χ1n) is 7.79. The summed E-state index contributed by atoms with van der Waals surface area (Å²) in [5.74, 6) is -1.17. The maximum Gasteiger partial charge on any atom is 0.259 e. The maximum atomic E-state index is 14.0. The third kappa shape index (κ3) is 4.98. The zero-order chi connectivity index (χ0) is 19.2. The number of benzene rings is 2. The highest BCUT2D eigenvalue weighted by molar-refractivity contribution is 6.26. The van der Waals surface area contributed by atoms with Crippen molar-refractivity contribution in [1.82, 2.24) is 9.97 Å². The van der Waals surface area contributed by atoms with Gasteiger partial charge in [0.2, 0.25) is 5.95 Å². The van der Waals surface area contributed by atoms with Gasteiger partial charge in [0.1, 0.15) is 5.75 Å². The molecule has 0 saturated carbocycles. The molecule has 8 nitrogen and oxygen atoms in total. The summed E-state index contributed by atoms with van der Waals surface area (Å²) in [6.07, 6.45) is 2.03. The van der Waals surface area contributed by atoms with Crippen LogP contribution in [0.2, 0.25) is 0 Å². The molecule has 1 amide bonds. The fraction of sp³-hybridized carbons (Fsp3) is 0. The van der Waals surface area contributed by atoms with Crippen molar-refractivity contribution >= 4 is 41.0 Å². The van der Waals surface area contributed by atoms with E-state index in [1.165, 1.54) is 12.1 Å². The number of nitrogens with zero attached hydrogens (tertiary/aromatic N) is 3. The zero-order valence-corrected chi connectivity index (χ0v) is 13.9. The number of aliphatic imine (C=N–C) groups is 1. The van der Waals surface area contributed by atoms with Gasteiger partial charge in [0, 0.05) is 17.4 Å². The Balaban J connectivity index is 1.80. The predicted molar refractivity (Wildman–Crippen MR) is 100 cm³/mol. The molecule has 27 heavy (non-hydrogen) atoms. The normalized spacial score (nSPS) is 10.7. The summed E-state index contributed by atoms with van der Waals surface area (Å²) >= 11 is 0. The number of phenols is 1. The number of carbonyl (C=O) groups excluding carboxylic acids is 1. The van der Waals surface area contributed by atoms with E-state index in [1.54, 1.807) is 36.4 Å². The molecule has 5 N–H and O–H groups in total. The average Bonchev–Trinajstić information content (AvgIpc) is 2.63. The molecule has 0 fully saturated rings. The van der Waals surface area contributed by atoms with E-state index in [0.717, 1.165) is 12.4 Å². The van der Waals surface area contributed by atoms with E-state index in [-0.39, 0.29) is 17.5 Å². The molecular weight excluding hydrogens is 351 g/mol. The molecule has 2 aromatic carbocycles. The van der Waals surface area contributed by atoms with Gasteiger partial charge in [-0.3, -0.25) is 9.79 Å². The second kappa shape index (κ2) is 7.91. The van der Waals surface area contributed by atoms with Gasteiger partial charge in [-0.15, -0.1) is 0 Å². The molecule has 0 spiro atoms. The zero-order valence-electron chi connectivity index (χ0n) is 13.9. The second-order valence-electron chi connectivity index (χ2n) is 5.40. The van der Waals surface area contributed by atoms with Crippen LogP contribution in [0.1, 0.15) is 0 Å². The fourth-order valence-corrected chi connectivity index (χ4v) is 2.17. The second-order valence-corrected chi connectivity index (χ2v) is 5.40. The molecule has 3 aromatic rings. The number of halogens is 1. The molecule has 0 saturated heterocycles. The number of aromatic hydroxyl groups is 1. The number of hydrogen-bond acceptors (Lipinski definition) is 7. The van der Waals surface area contributed by atoms with E-state index < -0.39 is 11.7 Å². The number of aromatic nitrogens is 2.